The van der Waals surface area contributed by atoms with E-state index < -0.39 is 21.7 Å². The van der Waals surface area contributed by atoms with Gasteiger partial charge in [-0.2, -0.15) is 0 Å². The van der Waals surface area contributed by atoms with Crippen LogP contribution in [-0.4, -0.2) is 20.1 Å². The first-order valence-corrected chi connectivity index (χ1v) is 11.4. The number of carbonyl (C=O) groups excluding carboxylic acids is 2. The fraction of sp³-hybridized carbons (Fsp3) is 0.100. The Morgan fingerprint density at radius 2 is 1.77 bits per heavy atom. The number of sulfonamides is 1. The second-order valence-electron chi connectivity index (χ2n) is 6.19. The molecule has 3 rings (SSSR count). The summed E-state index contributed by atoms with van der Waals surface area (Å²) >= 11 is 6.94. The van der Waals surface area contributed by atoms with Crippen molar-refractivity contribution >= 4 is 56.0 Å². The lowest BCUT2D eigenvalue weighted by Gasteiger charge is -2.11. The lowest BCUT2D eigenvalue weighted by molar-refractivity contribution is -0.116. The zero-order valence-corrected chi connectivity index (χ0v) is 17.8. The van der Waals surface area contributed by atoms with Crippen LogP contribution in [0, 0.1) is 5.82 Å². The predicted octanol–water partition coefficient (Wildman–Crippen LogP) is 4.94. The van der Waals surface area contributed by atoms with Crippen LogP contribution in [0.2, 0.25) is 4.34 Å². The fourth-order valence-corrected chi connectivity index (χ4v) is 4.65. The molecule has 0 saturated heterocycles. The Hall–Kier alpha value is -2.75. The molecule has 0 unspecified atom stereocenters. The Morgan fingerprint density at radius 1 is 1.00 bits per heavy atom. The van der Waals surface area contributed by atoms with Crippen LogP contribution in [0.15, 0.2) is 65.6 Å². The van der Waals surface area contributed by atoms with Crippen molar-refractivity contribution in [3.05, 3.63) is 75.7 Å². The number of hydrogen-bond acceptors (Lipinski definition) is 5. The fourth-order valence-electron chi connectivity index (χ4n) is 2.53. The van der Waals surface area contributed by atoms with E-state index in [-0.39, 0.29) is 34.9 Å². The molecule has 0 saturated carbocycles. The van der Waals surface area contributed by atoms with E-state index in [0.717, 1.165) is 17.4 Å². The van der Waals surface area contributed by atoms with Crippen molar-refractivity contribution in [3.63, 3.8) is 0 Å². The van der Waals surface area contributed by atoms with Crippen molar-refractivity contribution < 1.29 is 22.4 Å². The average Bonchev–Trinajstić information content (AvgIpc) is 3.14. The molecule has 2 aromatic carbocycles. The summed E-state index contributed by atoms with van der Waals surface area (Å²) in [6.45, 7) is 0. The van der Waals surface area contributed by atoms with Gasteiger partial charge in [-0.15, -0.1) is 11.3 Å². The number of ketones is 1. The van der Waals surface area contributed by atoms with Crippen molar-refractivity contribution in [1.29, 1.82) is 0 Å². The van der Waals surface area contributed by atoms with Gasteiger partial charge in [-0.05, 0) is 42.5 Å². The standard InChI is InChI=1S/C20H16ClFN2O4S2/c21-19-10-9-18(29-19)17(25)8-11-20(26)23-13-4-3-5-14(12-13)30(27,28)24-16-7-2-1-6-15(16)22/h1-7,9-10,12,24H,8,11H2,(H,23,26). The summed E-state index contributed by atoms with van der Waals surface area (Å²) < 4.78 is 41.4. The molecule has 1 heterocycles. The molecule has 30 heavy (non-hydrogen) atoms. The average molecular weight is 467 g/mol. The molecule has 2 N–H and O–H groups in total. The minimum Gasteiger partial charge on any atom is -0.326 e. The highest BCUT2D eigenvalue weighted by Gasteiger charge is 2.17. The molecule has 1 amide bonds. The molecule has 0 aliphatic rings. The van der Waals surface area contributed by atoms with Gasteiger partial charge in [0, 0.05) is 18.5 Å². The van der Waals surface area contributed by atoms with E-state index in [0.29, 0.717) is 9.21 Å². The molecule has 1 aromatic heterocycles. The number of nitrogens with one attached hydrogen (secondary N) is 2. The van der Waals surface area contributed by atoms with Gasteiger partial charge in [-0.3, -0.25) is 14.3 Å². The molecule has 0 bridgehead atoms. The number of halogens is 2. The lowest BCUT2D eigenvalue weighted by Crippen LogP contribution is -2.16. The van der Waals surface area contributed by atoms with Crippen LogP contribution in [0.25, 0.3) is 0 Å². The molecule has 3 aromatic rings. The third kappa shape index (κ3) is 5.65. The van der Waals surface area contributed by atoms with E-state index in [4.69, 9.17) is 11.6 Å². The van der Waals surface area contributed by atoms with Gasteiger partial charge in [-0.25, -0.2) is 12.8 Å². The van der Waals surface area contributed by atoms with Crippen LogP contribution in [0.4, 0.5) is 15.8 Å². The summed E-state index contributed by atoms with van der Waals surface area (Å²) in [6.07, 6.45) is -0.0751. The number of Topliss-reactive ketones (excluding diaryl/α,β-unsaturated/α-hetero) is 1. The summed E-state index contributed by atoms with van der Waals surface area (Å²) in [5.74, 6) is -1.35. The molecule has 6 nitrogen and oxygen atoms in total. The smallest absolute Gasteiger partial charge is 0.262 e. The molecule has 0 fully saturated rings. The van der Waals surface area contributed by atoms with Crippen molar-refractivity contribution in [2.45, 2.75) is 17.7 Å². The number of hydrogen-bond donors (Lipinski definition) is 2. The summed E-state index contributed by atoms with van der Waals surface area (Å²) in [5.41, 5.74) is 0.0576. The van der Waals surface area contributed by atoms with Gasteiger partial charge in [-0.1, -0.05) is 29.8 Å². The predicted molar refractivity (Wildman–Crippen MR) is 115 cm³/mol. The number of benzene rings is 2. The highest BCUT2D eigenvalue weighted by atomic mass is 35.5. The number of thiophene rings is 1. The third-order valence-electron chi connectivity index (χ3n) is 3.97. The maximum absolute atomic E-state index is 13.7. The number of para-hydroxylation sites is 1. The monoisotopic (exact) mass is 466 g/mol. The van der Waals surface area contributed by atoms with Crippen LogP contribution >= 0.6 is 22.9 Å². The number of amides is 1. The number of carbonyl (C=O) groups is 2. The first kappa shape index (κ1) is 21.9. The quantitative estimate of drug-likeness (QED) is 0.460. The SMILES string of the molecule is O=C(CCC(=O)c1ccc(Cl)s1)Nc1cccc(S(=O)(=O)Nc2ccccc2F)c1. The highest BCUT2D eigenvalue weighted by molar-refractivity contribution is 7.92. The Balaban J connectivity index is 1.64. The lowest BCUT2D eigenvalue weighted by atomic mass is 10.2. The summed E-state index contributed by atoms with van der Waals surface area (Å²) in [5, 5.41) is 2.56. The number of anilines is 2. The minimum absolute atomic E-state index is 0.00446. The zero-order chi connectivity index (χ0) is 21.7. The van der Waals surface area contributed by atoms with Gasteiger partial charge < -0.3 is 5.32 Å². The van der Waals surface area contributed by atoms with Crippen LogP contribution in [0.5, 0.6) is 0 Å². The second kappa shape index (κ2) is 9.38. The van der Waals surface area contributed by atoms with Crippen molar-refractivity contribution in [2.24, 2.45) is 0 Å². The van der Waals surface area contributed by atoms with Crippen LogP contribution in [-0.2, 0) is 14.8 Å². The van der Waals surface area contributed by atoms with E-state index in [1.807, 2.05) is 0 Å². The molecule has 10 heteroatoms. The molecule has 156 valence electrons. The summed E-state index contributed by atoms with van der Waals surface area (Å²) in [6, 6.07) is 14.1. The Labute approximate surface area is 181 Å². The largest absolute Gasteiger partial charge is 0.326 e. The molecule has 0 aliphatic carbocycles. The molecule has 0 atom stereocenters. The van der Waals surface area contributed by atoms with E-state index in [2.05, 4.69) is 10.0 Å². The Bertz CT molecular complexity index is 1190. The molecule has 0 spiro atoms. The van der Waals surface area contributed by atoms with E-state index in [1.165, 1.54) is 42.5 Å². The van der Waals surface area contributed by atoms with E-state index >= 15 is 0 Å². The van der Waals surface area contributed by atoms with Crippen LogP contribution in [0.1, 0.15) is 22.5 Å². The van der Waals surface area contributed by atoms with Crippen LogP contribution in [0.3, 0.4) is 0 Å². The summed E-state index contributed by atoms with van der Waals surface area (Å²) in [4.78, 5) is 24.5. The molecule has 0 aliphatic heterocycles. The van der Waals surface area contributed by atoms with Gasteiger partial charge >= 0.3 is 0 Å². The highest BCUT2D eigenvalue weighted by Crippen LogP contribution is 2.24. The molecular formula is C20H16ClFN2O4S2. The van der Waals surface area contributed by atoms with Crippen molar-refractivity contribution in [3.8, 4) is 0 Å². The van der Waals surface area contributed by atoms with E-state index in [1.54, 1.807) is 12.1 Å². The molecule has 0 radical (unpaired) electrons. The van der Waals surface area contributed by atoms with Gasteiger partial charge in [0.25, 0.3) is 10.0 Å². The maximum atomic E-state index is 13.7. The van der Waals surface area contributed by atoms with E-state index in [9.17, 15) is 22.4 Å². The van der Waals surface area contributed by atoms with Crippen molar-refractivity contribution in [2.75, 3.05) is 10.0 Å². The van der Waals surface area contributed by atoms with Gasteiger partial charge in [0.1, 0.15) is 5.82 Å². The van der Waals surface area contributed by atoms with Gasteiger partial charge in [0.2, 0.25) is 5.91 Å². The Kier molecular flexibility index (Phi) is 6.86. The van der Waals surface area contributed by atoms with Crippen LogP contribution < -0.4 is 10.0 Å². The topological polar surface area (TPSA) is 92.3 Å². The maximum Gasteiger partial charge on any atom is 0.262 e. The Morgan fingerprint density at radius 3 is 2.47 bits per heavy atom. The zero-order valence-electron chi connectivity index (χ0n) is 15.4. The first-order chi connectivity index (χ1) is 14.2. The van der Waals surface area contributed by atoms with Gasteiger partial charge in [0.15, 0.2) is 5.78 Å². The first-order valence-electron chi connectivity index (χ1n) is 8.70. The second-order valence-corrected chi connectivity index (χ2v) is 9.59. The third-order valence-corrected chi connectivity index (χ3v) is 6.61. The minimum atomic E-state index is -4.06. The summed E-state index contributed by atoms with van der Waals surface area (Å²) in [7, 11) is -4.06. The van der Waals surface area contributed by atoms with Gasteiger partial charge in [0.05, 0.1) is 19.8 Å². The molecular weight excluding hydrogens is 451 g/mol. The number of rotatable bonds is 8. The normalized spacial score (nSPS) is 11.1. The van der Waals surface area contributed by atoms with Crippen molar-refractivity contribution in [1.82, 2.24) is 0 Å².